The van der Waals surface area contributed by atoms with Crippen LogP contribution in [0.25, 0.3) is 0 Å². The molecule has 1 heterocycles. The standard InChI is InChI=1S/C5H7NO2.C2H7NO.H2/c7-4-1-2-5(8)6-3-4;3-1-2-4;/h1-3H2,(H,6,8);4H,1-3H2;1H. The SMILES string of the molecule is NCCO.O=C1CCC(=O)NC1.[HH]. The Morgan fingerprint density at radius 3 is 2.33 bits per heavy atom. The second-order valence-corrected chi connectivity index (χ2v) is 2.33. The lowest BCUT2D eigenvalue weighted by atomic mass is 10.1. The molecule has 0 bridgehead atoms. The minimum atomic E-state index is -0.00963. The number of aliphatic hydroxyl groups excluding tert-OH is 1. The van der Waals surface area contributed by atoms with Gasteiger partial charge in [-0.3, -0.25) is 9.59 Å². The van der Waals surface area contributed by atoms with Crippen LogP contribution in [0.15, 0.2) is 0 Å². The fourth-order valence-corrected chi connectivity index (χ4v) is 0.627. The third kappa shape index (κ3) is 5.82. The van der Waals surface area contributed by atoms with Gasteiger partial charge in [0, 0.05) is 20.8 Å². The number of hydrogen-bond acceptors (Lipinski definition) is 4. The zero-order valence-corrected chi connectivity index (χ0v) is 6.88. The summed E-state index contributed by atoms with van der Waals surface area (Å²) in [6.07, 6.45) is 0.796. The van der Waals surface area contributed by atoms with Gasteiger partial charge >= 0.3 is 0 Å². The normalized spacial score (nSPS) is 16.2. The van der Waals surface area contributed by atoms with Crippen LogP contribution in [-0.4, -0.2) is 36.5 Å². The van der Waals surface area contributed by atoms with Crippen molar-refractivity contribution in [2.45, 2.75) is 12.8 Å². The Labute approximate surface area is 72.4 Å². The maximum Gasteiger partial charge on any atom is 0.220 e. The Bertz CT molecular complexity index is 134. The van der Waals surface area contributed by atoms with E-state index in [1.807, 2.05) is 0 Å². The zero-order valence-electron chi connectivity index (χ0n) is 6.88. The molecule has 0 aromatic carbocycles. The molecule has 1 saturated heterocycles. The van der Waals surface area contributed by atoms with E-state index in [2.05, 4.69) is 5.32 Å². The number of ketones is 1. The number of Topliss-reactive ketones (excluding diaryl/α,β-unsaturated/α-hetero) is 1. The van der Waals surface area contributed by atoms with Gasteiger partial charge in [-0.1, -0.05) is 0 Å². The molecule has 0 saturated carbocycles. The Balaban J connectivity index is 0. The number of rotatable bonds is 1. The highest BCUT2D eigenvalue weighted by molar-refractivity contribution is 5.92. The van der Waals surface area contributed by atoms with E-state index >= 15 is 0 Å². The van der Waals surface area contributed by atoms with E-state index in [1.165, 1.54) is 0 Å². The minimum absolute atomic E-state index is 0. The van der Waals surface area contributed by atoms with Gasteiger partial charge in [0.1, 0.15) is 0 Å². The Hall–Kier alpha value is -0.940. The molecule has 4 N–H and O–H groups in total. The number of hydrogen-bond donors (Lipinski definition) is 3. The summed E-state index contributed by atoms with van der Waals surface area (Å²) >= 11 is 0. The summed E-state index contributed by atoms with van der Waals surface area (Å²) in [6, 6.07) is 0. The number of aliphatic hydroxyl groups is 1. The van der Waals surface area contributed by atoms with Crippen molar-refractivity contribution < 1.29 is 16.1 Å². The highest BCUT2D eigenvalue weighted by atomic mass is 16.3. The van der Waals surface area contributed by atoms with Crippen molar-refractivity contribution >= 4 is 11.7 Å². The number of nitrogens with one attached hydrogen (secondary N) is 1. The number of carbonyl (C=O) groups is 2. The van der Waals surface area contributed by atoms with Crippen LogP contribution in [0, 0.1) is 0 Å². The molecule has 1 aliphatic rings. The monoisotopic (exact) mass is 176 g/mol. The summed E-state index contributed by atoms with van der Waals surface area (Å²) < 4.78 is 0. The van der Waals surface area contributed by atoms with Gasteiger partial charge in [0.05, 0.1) is 13.2 Å². The van der Waals surface area contributed by atoms with Gasteiger partial charge in [-0.15, -0.1) is 0 Å². The van der Waals surface area contributed by atoms with Crippen molar-refractivity contribution in [1.29, 1.82) is 0 Å². The van der Waals surface area contributed by atoms with Crippen LogP contribution in [0.4, 0.5) is 0 Å². The lowest BCUT2D eigenvalue weighted by Crippen LogP contribution is -2.34. The average molecular weight is 176 g/mol. The first-order chi connectivity index (χ1) is 5.70. The van der Waals surface area contributed by atoms with E-state index < -0.39 is 0 Å². The van der Waals surface area contributed by atoms with E-state index in [9.17, 15) is 9.59 Å². The van der Waals surface area contributed by atoms with E-state index in [4.69, 9.17) is 10.8 Å². The molecule has 0 atom stereocenters. The maximum atomic E-state index is 10.4. The summed E-state index contributed by atoms with van der Waals surface area (Å²) in [5.74, 6) is 0.120. The maximum absolute atomic E-state index is 10.4. The van der Waals surface area contributed by atoms with E-state index in [0.29, 0.717) is 19.4 Å². The smallest absolute Gasteiger partial charge is 0.220 e. The van der Waals surface area contributed by atoms with Crippen LogP contribution in [0.3, 0.4) is 0 Å². The van der Waals surface area contributed by atoms with Gasteiger partial charge in [-0.25, -0.2) is 0 Å². The second kappa shape index (κ2) is 6.75. The molecular formula is C7H16N2O3. The predicted molar refractivity (Wildman–Crippen MR) is 45.5 cm³/mol. The van der Waals surface area contributed by atoms with Gasteiger partial charge in [-0.05, 0) is 0 Å². The lowest BCUT2D eigenvalue weighted by Gasteiger charge is -2.08. The molecule has 1 amide bonds. The first-order valence-electron chi connectivity index (χ1n) is 3.80. The molecule has 72 valence electrons. The molecule has 12 heavy (non-hydrogen) atoms. The fourth-order valence-electron chi connectivity index (χ4n) is 0.627. The van der Waals surface area contributed by atoms with Gasteiger partial charge in [0.15, 0.2) is 5.78 Å². The molecule has 1 fully saturated rings. The van der Waals surface area contributed by atoms with Crippen molar-refractivity contribution in [3.63, 3.8) is 0 Å². The first-order valence-corrected chi connectivity index (χ1v) is 3.80. The van der Waals surface area contributed by atoms with Gasteiger partial charge < -0.3 is 16.2 Å². The van der Waals surface area contributed by atoms with E-state index in [-0.39, 0.29) is 26.3 Å². The van der Waals surface area contributed by atoms with E-state index in [0.717, 1.165) is 0 Å². The van der Waals surface area contributed by atoms with Gasteiger partial charge in [-0.2, -0.15) is 0 Å². The summed E-state index contributed by atoms with van der Waals surface area (Å²) in [4.78, 5) is 20.7. The van der Waals surface area contributed by atoms with Crippen LogP contribution in [-0.2, 0) is 9.59 Å². The Kier molecular flexibility index (Phi) is 6.22. The molecule has 5 nitrogen and oxygen atoms in total. The van der Waals surface area contributed by atoms with Gasteiger partial charge in [0.25, 0.3) is 0 Å². The summed E-state index contributed by atoms with van der Waals surface area (Å²) in [5.41, 5.74) is 4.78. The third-order valence-electron chi connectivity index (χ3n) is 1.24. The minimum Gasteiger partial charge on any atom is -0.395 e. The fraction of sp³-hybridized carbons (Fsp3) is 0.714. The molecule has 0 unspecified atom stereocenters. The molecule has 5 heteroatoms. The molecule has 1 aliphatic heterocycles. The number of piperidine rings is 1. The van der Waals surface area contributed by atoms with Crippen LogP contribution in [0.2, 0.25) is 0 Å². The Morgan fingerprint density at radius 2 is 2.08 bits per heavy atom. The van der Waals surface area contributed by atoms with Crippen LogP contribution in [0.5, 0.6) is 0 Å². The average Bonchev–Trinajstić information content (AvgIpc) is 2.11. The van der Waals surface area contributed by atoms with Crippen molar-refractivity contribution in [3.8, 4) is 0 Å². The van der Waals surface area contributed by atoms with Crippen LogP contribution >= 0.6 is 0 Å². The molecule has 0 aromatic heterocycles. The number of carbonyl (C=O) groups excluding carboxylic acids is 2. The van der Waals surface area contributed by atoms with Gasteiger partial charge in [0.2, 0.25) is 5.91 Å². The molecule has 0 aromatic rings. The zero-order chi connectivity index (χ0) is 9.40. The molecule has 0 spiro atoms. The van der Waals surface area contributed by atoms with Crippen molar-refractivity contribution in [3.05, 3.63) is 0 Å². The molecular weight excluding hydrogens is 160 g/mol. The van der Waals surface area contributed by atoms with Crippen molar-refractivity contribution in [2.75, 3.05) is 19.7 Å². The van der Waals surface area contributed by atoms with Crippen molar-refractivity contribution in [1.82, 2.24) is 5.32 Å². The summed E-state index contributed by atoms with van der Waals surface area (Å²) in [7, 11) is 0. The Morgan fingerprint density at radius 1 is 1.50 bits per heavy atom. The van der Waals surface area contributed by atoms with E-state index in [1.54, 1.807) is 0 Å². The van der Waals surface area contributed by atoms with Crippen LogP contribution in [0.1, 0.15) is 14.3 Å². The first kappa shape index (κ1) is 11.1. The number of amides is 1. The molecule has 0 radical (unpaired) electrons. The highest BCUT2D eigenvalue weighted by Gasteiger charge is 2.12. The third-order valence-corrected chi connectivity index (χ3v) is 1.24. The van der Waals surface area contributed by atoms with Crippen LogP contribution < -0.4 is 11.1 Å². The van der Waals surface area contributed by atoms with Crippen molar-refractivity contribution in [2.24, 2.45) is 5.73 Å². The topological polar surface area (TPSA) is 92.4 Å². The molecule has 0 aliphatic carbocycles. The highest BCUT2D eigenvalue weighted by Crippen LogP contribution is 1.95. The summed E-state index contributed by atoms with van der Waals surface area (Å²) in [6.45, 7) is 0.707. The quantitative estimate of drug-likeness (QED) is 0.460. The summed E-state index contributed by atoms with van der Waals surface area (Å²) in [5, 5.41) is 10.2. The predicted octanol–water partition coefficient (Wildman–Crippen LogP) is -1.35. The lowest BCUT2D eigenvalue weighted by molar-refractivity contribution is -0.129. The molecule has 1 rings (SSSR count). The largest absolute Gasteiger partial charge is 0.395 e. The second-order valence-electron chi connectivity index (χ2n) is 2.33. The number of nitrogens with two attached hydrogens (primary N) is 1.